The average molecular weight is 446 g/mol. The van der Waals surface area contributed by atoms with Crippen LogP contribution in [0.5, 0.6) is 0 Å². The molecule has 1 aliphatic heterocycles. The van der Waals surface area contributed by atoms with Crippen molar-refractivity contribution in [3.8, 4) is 0 Å². The molecule has 0 saturated heterocycles. The topological polar surface area (TPSA) is 75.4 Å². The molecule has 2 heterocycles. The number of likely N-dealkylation sites (N-methyl/N-ethyl adjacent to an activating group) is 1. The summed E-state index contributed by atoms with van der Waals surface area (Å²) in [4.78, 5) is 28.6. The molecule has 27 heavy (non-hydrogen) atoms. The molecule has 2 amide bonds. The van der Waals surface area contributed by atoms with Crippen molar-refractivity contribution >= 4 is 63.9 Å². The Morgan fingerprint density at radius 1 is 1.33 bits per heavy atom. The molecule has 5 nitrogen and oxygen atoms in total. The number of thiophene rings is 1. The van der Waals surface area contributed by atoms with Crippen LogP contribution in [-0.4, -0.2) is 36.1 Å². The number of halogens is 2. The fourth-order valence-corrected chi connectivity index (χ4v) is 5.19. The minimum Gasteiger partial charge on any atom is -0.365 e. The number of fused-ring (bicyclic) bond motifs is 1. The zero-order valence-electron chi connectivity index (χ0n) is 14.8. The third-order valence-electron chi connectivity index (χ3n) is 4.16. The maximum Gasteiger partial charge on any atom is 0.251 e. The lowest BCUT2D eigenvalue weighted by atomic mass is 10.0. The molecule has 3 rings (SSSR count). The van der Waals surface area contributed by atoms with Gasteiger partial charge in [-0.1, -0.05) is 11.6 Å². The van der Waals surface area contributed by atoms with Gasteiger partial charge in [-0.15, -0.1) is 35.5 Å². The fourth-order valence-electron chi connectivity index (χ4n) is 2.86. The monoisotopic (exact) mass is 445 g/mol. The Labute approximate surface area is 178 Å². The molecule has 1 aromatic heterocycles. The van der Waals surface area contributed by atoms with E-state index >= 15 is 0 Å². The van der Waals surface area contributed by atoms with Crippen LogP contribution in [0, 0.1) is 0 Å². The zero-order valence-corrected chi connectivity index (χ0v) is 18.0. The summed E-state index contributed by atoms with van der Waals surface area (Å²) in [5.74, 6) is 0.0616. The highest BCUT2D eigenvalue weighted by atomic mass is 35.5. The molecule has 1 aliphatic rings. The highest BCUT2D eigenvalue weighted by Gasteiger charge is 2.26. The molecule has 1 aromatic carbocycles. The number of amides is 2. The second-order valence-corrected chi connectivity index (χ2v) is 8.87. The molecule has 0 aliphatic carbocycles. The summed E-state index contributed by atoms with van der Waals surface area (Å²) >= 11 is 8.92. The van der Waals surface area contributed by atoms with Crippen molar-refractivity contribution in [2.75, 3.05) is 24.7 Å². The minimum absolute atomic E-state index is 0. The Bertz CT molecular complexity index is 825. The molecule has 0 bridgehead atoms. The first kappa shape index (κ1) is 22.0. The number of nitrogens with zero attached hydrogens (tertiary/aromatic N) is 1. The van der Waals surface area contributed by atoms with E-state index in [0.29, 0.717) is 27.8 Å². The van der Waals surface area contributed by atoms with E-state index in [9.17, 15) is 9.59 Å². The van der Waals surface area contributed by atoms with Crippen LogP contribution in [0.2, 0.25) is 5.02 Å². The lowest BCUT2D eigenvalue weighted by molar-refractivity contribution is -0.115. The van der Waals surface area contributed by atoms with Crippen molar-refractivity contribution < 1.29 is 9.59 Å². The summed E-state index contributed by atoms with van der Waals surface area (Å²) in [6, 6.07) is 7.52. The molecular formula is C18H21Cl2N3O2S2. The number of carbonyl (C=O) groups excluding carboxylic acids is 2. The molecule has 0 atom stereocenters. The van der Waals surface area contributed by atoms with Gasteiger partial charge in [-0.25, -0.2) is 0 Å². The summed E-state index contributed by atoms with van der Waals surface area (Å²) in [5.41, 5.74) is 7.04. The third-order valence-corrected chi connectivity index (χ3v) is 6.56. The van der Waals surface area contributed by atoms with Crippen molar-refractivity contribution in [2.24, 2.45) is 5.73 Å². The van der Waals surface area contributed by atoms with Crippen molar-refractivity contribution in [3.05, 3.63) is 45.3 Å². The Kier molecular flexibility index (Phi) is 8.00. The number of anilines is 1. The Morgan fingerprint density at radius 3 is 2.70 bits per heavy atom. The van der Waals surface area contributed by atoms with Gasteiger partial charge in [-0.05, 0) is 43.3 Å². The van der Waals surface area contributed by atoms with Gasteiger partial charge in [-0.3, -0.25) is 9.59 Å². The number of carbonyl (C=O) groups is 2. The van der Waals surface area contributed by atoms with E-state index in [0.717, 1.165) is 34.8 Å². The Morgan fingerprint density at radius 2 is 2.04 bits per heavy atom. The minimum atomic E-state index is -0.474. The van der Waals surface area contributed by atoms with Crippen molar-refractivity contribution in [2.45, 2.75) is 24.3 Å². The summed E-state index contributed by atoms with van der Waals surface area (Å²) in [6.07, 6.45) is 1.14. The molecule has 0 spiro atoms. The first-order chi connectivity index (χ1) is 12.4. The predicted molar refractivity (Wildman–Crippen MR) is 116 cm³/mol. The summed E-state index contributed by atoms with van der Waals surface area (Å²) < 4.78 is 0. The summed E-state index contributed by atoms with van der Waals surface area (Å²) in [5, 5.41) is 4.16. The fraction of sp³-hybridized carbons (Fsp3) is 0.333. The number of rotatable bonds is 6. The largest absolute Gasteiger partial charge is 0.365 e. The normalized spacial score (nSPS) is 13.6. The SMILES string of the molecule is CN1CCc2c(sc(NC(=O)CCSc3ccc(Cl)cc3)c2C(N)=O)C1.Cl. The first-order valence-corrected chi connectivity index (χ1v) is 10.4. The van der Waals surface area contributed by atoms with E-state index in [-0.39, 0.29) is 18.3 Å². The molecule has 0 unspecified atom stereocenters. The van der Waals surface area contributed by atoms with Crippen LogP contribution < -0.4 is 11.1 Å². The maximum atomic E-state index is 12.3. The number of benzene rings is 1. The molecule has 0 radical (unpaired) electrons. The standard InChI is InChI=1S/C18H20ClN3O2S2.ClH/c1-22-8-6-13-14(10-22)26-18(16(13)17(20)24)21-15(23)7-9-25-12-4-2-11(19)3-5-12;/h2-5H,6-10H2,1H3,(H2,20,24)(H,21,23);1H. The van der Waals surface area contributed by atoms with Crippen LogP contribution in [0.4, 0.5) is 5.00 Å². The molecular weight excluding hydrogens is 425 g/mol. The van der Waals surface area contributed by atoms with Gasteiger partial charge in [0, 0.05) is 40.1 Å². The van der Waals surface area contributed by atoms with E-state index in [2.05, 4.69) is 10.2 Å². The van der Waals surface area contributed by atoms with E-state index < -0.39 is 5.91 Å². The second kappa shape index (κ2) is 9.80. The van der Waals surface area contributed by atoms with Gasteiger partial charge in [0.2, 0.25) is 5.91 Å². The second-order valence-electron chi connectivity index (χ2n) is 6.16. The first-order valence-electron chi connectivity index (χ1n) is 8.25. The number of hydrogen-bond acceptors (Lipinski definition) is 5. The summed E-state index contributed by atoms with van der Waals surface area (Å²) in [6.45, 7) is 1.66. The van der Waals surface area contributed by atoms with Gasteiger partial charge < -0.3 is 16.0 Å². The highest BCUT2D eigenvalue weighted by molar-refractivity contribution is 7.99. The van der Waals surface area contributed by atoms with Gasteiger partial charge in [0.05, 0.1) is 5.56 Å². The number of nitrogens with one attached hydrogen (secondary N) is 1. The zero-order chi connectivity index (χ0) is 18.7. The Hall–Kier alpha value is -1.25. The van der Waals surface area contributed by atoms with Crippen molar-refractivity contribution in [1.29, 1.82) is 0 Å². The van der Waals surface area contributed by atoms with Crippen LogP contribution in [0.3, 0.4) is 0 Å². The molecule has 9 heteroatoms. The van der Waals surface area contributed by atoms with E-state index in [4.69, 9.17) is 17.3 Å². The lowest BCUT2D eigenvalue weighted by Gasteiger charge is -2.22. The van der Waals surface area contributed by atoms with Gasteiger partial charge in [0.1, 0.15) is 5.00 Å². The molecule has 0 fully saturated rings. The van der Waals surface area contributed by atoms with Crippen LogP contribution >= 0.6 is 47.1 Å². The smallest absolute Gasteiger partial charge is 0.251 e. The van der Waals surface area contributed by atoms with Crippen LogP contribution in [0.1, 0.15) is 27.2 Å². The van der Waals surface area contributed by atoms with Gasteiger partial charge in [0.15, 0.2) is 0 Å². The van der Waals surface area contributed by atoms with E-state index in [1.165, 1.54) is 11.3 Å². The predicted octanol–water partition coefficient (Wildman–Crippen LogP) is 4.03. The molecule has 0 saturated carbocycles. The van der Waals surface area contributed by atoms with Crippen molar-refractivity contribution in [1.82, 2.24) is 4.90 Å². The van der Waals surface area contributed by atoms with E-state index in [1.807, 2.05) is 31.3 Å². The number of hydrogen-bond donors (Lipinski definition) is 2. The van der Waals surface area contributed by atoms with Crippen molar-refractivity contribution in [3.63, 3.8) is 0 Å². The lowest BCUT2D eigenvalue weighted by Crippen LogP contribution is -2.27. The van der Waals surface area contributed by atoms with Gasteiger partial charge in [0.25, 0.3) is 5.91 Å². The van der Waals surface area contributed by atoms with Crippen LogP contribution in [0.25, 0.3) is 0 Å². The molecule has 146 valence electrons. The third kappa shape index (κ3) is 5.62. The number of thioether (sulfide) groups is 1. The highest BCUT2D eigenvalue weighted by Crippen LogP contribution is 2.36. The van der Waals surface area contributed by atoms with Gasteiger partial charge in [-0.2, -0.15) is 0 Å². The van der Waals surface area contributed by atoms with Crippen LogP contribution in [0.15, 0.2) is 29.2 Å². The Balaban J connectivity index is 0.00000261. The molecule has 3 N–H and O–H groups in total. The molecule has 2 aromatic rings. The summed E-state index contributed by atoms with van der Waals surface area (Å²) in [7, 11) is 2.04. The average Bonchev–Trinajstić information content (AvgIpc) is 2.93. The van der Waals surface area contributed by atoms with Gasteiger partial charge >= 0.3 is 0 Å². The number of primary amides is 1. The van der Waals surface area contributed by atoms with E-state index in [1.54, 1.807) is 11.8 Å². The number of nitrogens with two attached hydrogens (primary N) is 1. The quantitative estimate of drug-likeness (QED) is 0.657. The maximum absolute atomic E-state index is 12.3. The van der Waals surface area contributed by atoms with Crippen LogP contribution in [-0.2, 0) is 17.8 Å².